The van der Waals surface area contributed by atoms with Crippen LogP contribution in [0, 0.1) is 28.6 Å². The Balaban J connectivity index is 1.27. The Hall–Kier alpha value is -1.73. The minimum absolute atomic E-state index is 0.00454. The zero-order valence-corrected chi connectivity index (χ0v) is 23.2. The third kappa shape index (κ3) is 4.76. The number of ether oxygens (including phenoxy) is 2. The Labute approximate surface area is 227 Å². The van der Waals surface area contributed by atoms with Gasteiger partial charge in [0.25, 0.3) is 0 Å². The first kappa shape index (κ1) is 27.8. The summed E-state index contributed by atoms with van der Waals surface area (Å²) in [5.74, 6) is 1.42. The van der Waals surface area contributed by atoms with Crippen molar-refractivity contribution in [2.24, 2.45) is 28.6 Å². The lowest BCUT2D eigenvalue weighted by Gasteiger charge is -2.45. The average molecular weight is 527 g/mol. The van der Waals surface area contributed by atoms with Crippen molar-refractivity contribution in [1.29, 1.82) is 0 Å². The van der Waals surface area contributed by atoms with Gasteiger partial charge >= 0.3 is 5.97 Å². The number of allylic oxidation sites excluding steroid dienone is 3. The van der Waals surface area contributed by atoms with Gasteiger partial charge in [-0.15, -0.1) is 0 Å². The van der Waals surface area contributed by atoms with Crippen molar-refractivity contribution in [2.75, 3.05) is 13.2 Å². The second-order valence-corrected chi connectivity index (χ2v) is 12.9. The highest BCUT2D eigenvalue weighted by Gasteiger charge is 2.61. The zero-order valence-electron chi connectivity index (χ0n) is 23.2. The highest BCUT2D eigenvalue weighted by atomic mass is 16.6. The van der Waals surface area contributed by atoms with Gasteiger partial charge < -0.3 is 24.8 Å². The van der Waals surface area contributed by atoms with Gasteiger partial charge in [-0.05, 0) is 92.1 Å². The lowest BCUT2D eigenvalue weighted by molar-refractivity contribution is -0.140. The van der Waals surface area contributed by atoms with Crippen LogP contribution < -0.4 is 0 Å². The van der Waals surface area contributed by atoms with Gasteiger partial charge in [0.1, 0.15) is 18.3 Å². The molecular formula is C32H46O6. The number of aliphatic hydroxyl groups is 3. The molecule has 4 aliphatic carbocycles. The minimum Gasteiger partial charge on any atom is -0.458 e. The molecule has 210 valence electrons. The summed E-state index contributed by atoms with van der Waals surface area (Å²) in [6, 6.07) is 0. The maximum atomic E-state index is 12.2. The van der Waals surface area contributed by atoms with Crippen LogP contribution in [-0.2, 0) is 14.3 Å². The summed E-state index contributed by atoms with van der Waals surface area (Å²) in [5.41, 5.74) is 3.82. The first-order chi connectivity index (χ1) is 18.1. The summed E-state index contributed by atoms with van der Waals surface area (Å²) < 4.78 is 11.5. The summed E-state index contributed by atoms with van der Waals surface area (Å²) in [6.45, 7) is 13.3. The number of esters is 1. The molecule has 1 heterocycles. The van der Waals surface area contributed by atoms with Crippen molar-refractivity contribution in [3.05, 3.63) is 47.6 Å². The summed E-state index contributed by atoms with van der Waals surface area (Å²) in [5, 5.41) is 30.4. The molecule has 5 aliphatic rings. The maximum absolute atomic E-state index is 12.2. The predicted molar refractivity (Wildman–Crippen MR) is 146 cm³/mol. The summed E-state index contributed by atoms with van der Waals surface area (Å²) in [4.78, 5) is 12.2. The van der Waals surface area contributed by atoms with Crippen molar-refractivity contribution < 1.29 is 29.6 Å². The molecule has 0 unspecified atom stereocenters. The number of rotatable bonds is 8. The first-order valence-corrected chi connectivity index (χ1v) is 14.7. The lowest BCUT2D eigenvalue weighted by Crippen LogP contribution is -2.45. The van der Waals surface area contributed by atoms with Gasteiger partial charge in [-0.3, -0.25) is 0 Å². The second-order valence-electron chi connectivity index (χ2n) is 12.9. The standard InChI is InChI=1S/C32H46O6/c1-19(17-27-32(13-14-32)21(3)30(36)38-27)24-10-11-25-22(7-5-12-31(24,25)4)8-9-23-18-26(34)29(28(35)20(23)2)37-16-6-15-33/h8-9,19,24-29,33-35H,2-3,5-7,10-18H2,1,4H3/b22-8+,23-9-/t19-,24-,25+,26-,27+,28-,29+,31-/m1/s1. The molecule has 5 rings (SSSR count). The normalized spacial score (nSPS) is 41.1. The van der Waals surface area contributed by atoms with E-state index in [1.165, 1.54) is 24.8 Å². The molecule has 0 amide bonds. The number of fused-ring (bicyclic) bond motifs is 1. The molecule has 3 N–H and O–H groups in total. The molecule has 0 aromatic carbocycles. The molecule has 1 saturated heterocycles. The van der Waals surface area contributed by atoms with E-state index in [-0.39, 0.29) is 29.5 Å². The molecule has 5 fully saturated rings. The highest BCUT2D eigenvalue weighted by molar-refractivity contribution is 5.93. The van der Waals surface area contributed by atoms with Crippen LogP contribution in [0.4, 0.5) is 0 Å². The number of cyclic esters (lactones) is 1. The number of aliphatic hydroxyl groups excluding tert-OH is 3. The third-order valence-corrected chi connectivity index (χ3v) is 10.8. The number of carbonyl (C=O) groups excluding carboxylic acids is 1. The number of hydrogen-bond donors (Lipinski definition) is 3. The molecule has 8 atom stereocenters. The largest absolute Gasteiger partial charge is 0.458 e. The van der Waals surface area contributed by atoms with Gasteiger partial charge in [0.05, 0.1) is 6.10 Å². The highest BCUT2D eigenvalue weighted by Crippen LogP contribution is 2.63. The predicted octanol–water partition coefficient (Wildman–Crippen LogP) is 4.79. The van der Waals surface area contributed by atoms with Crippen molar-refractivity contribution in [1.82, 2.24) is 0 Å². The molecule has 4 saturated carbocycles. The Bertz CT molecular complexity index is 1020. The quantitative estimate of drug-likeness (QED) is 0.239. The maximum Gasteiger partial charge on any atom is 0.334 e. The van der Waals surface area contributed by atoms with Crippen LogP contribution in [0.2, 0.25) is 0 Å². The smallest absolute Gasteiger partial charge is 0.334 e. The number of carbonyl (C=O) groups is 1. The summed E-state index contributed by atoms with van der Waals surface area (Å²) in [6.07, 6.45) is 11.5. The zero-order chi connectivity index (χ0) is 27.2. The van der Waals surface area contributed by atoms with Crippen LogP contribution in [0.5, 0.6) is 0 Å². The summed E-state index contributed by atoms with van der Waals surface area (Å²) in [7, 11) is 0. The van der Waals surface area contributed by atoms with Crippen LogP contribution in [0.1, 0.15) is 78.1 Å². The van der Waals surface area contributed by atoms with E-state index in [4.69, 9.17) is 14.6 Å². The molecule has 6 heteroatoms. The fraction of sp³-hybridized carbons (Fsp3) is 0.719. The van der Waals surface area contributed by atoms with Crippen LogP contribution in [0.25, 0.3) is 0 Å². The van der Waals surface area contributed by atoms with Crippen molar-refractivity contribution in [3.63, 3.8) is 0 Å². The minimum atomic E-state index is -0.953. The van der Waals surface area contributed by atoms with Gasteiger partial charge in [0, 0.05) is 30.6 Å². The van der Waals surface area contributed by atoms with Gasteiger partial charge in [-0.2, -0.15) is 0 Å². The molecule has 0 aromatic heterocycles. The van der Waals surface area contributed by atoms with Crippen LogP contribution in [-0.4, -0.2) is 58.9 Å². The second kappa shape index (κ2) is 10.7. The monoisotopic (exact) mass is 526 g/mol. The summed E-state index contributed by atoms with van der Waals surface area (Å²) >= 11 is 0. The van der Waals surface area contributed by atoms with Crippen LogP contribution in [0.15, 0.2) is 47.6 Å². The molecular weight excluding hydrogens is 480 g/mol. The van der Waals surface area contributed by atoms with Crippen molar-refractivity contribution >= 4 is 5.97 Å². The van der Waals surface area contributed by atoms with E-state index in [0.29, 0.717) is 48.3 Å². The van der Waals surface area contributed by atoms with Gasteiger partial charge in [-0.1, -0.05) is 44.7 Å². The Morgan fingerprint density at radius 2 is 1.95 bits per heavy atom. The van der Waals surface area contributed by atoms with Crippen molar-refractivity contribution in [3.8, 4) is 0 Å². The SMILES string of the molecule is C=C1/C(=C\C=C2/CCC[C@]3(C)[C@@H]([C@H](C)C[C@@H]4OC(=O)C(=C)C45CC5)CC[C@@H]23)C[C@@H](O)[C@H](OCCCO)[C@@H]1O. The molecule has 1 aliphatic heterocycles. The van der Waals surface area contributed by atoms with E-state index in [1.807, 2.05) is 0 Å². The van der Waals surface area contributed by atoms with Crippen LogP contribution in [0.3, 0.4) is 0 Å². The van der Waals surface area contributed by atoms with Crippen LogP contribution >= 0.6 is 0 Å². The molecule has 0 bridgehead atoms. The molecule has 0 radical (unpaired) electrons. The topological polar surface area (TPSA) is 96.2 Å². The molecule has 6 nitrogen and oxygen atoms in total. The first-order valence-electron chi connectivity index (χ1n) is 14.7. The Morgan fingerprint density at radius 3 is 2.66 bits per heavy atom. The molecule has 1 spiro atoms. The molecule has 38 heavy (non-hydrogen) atoms. The third-order valence-electron chi connectivity index (χ3n) is 10.8. The van der Waals surface area contributed by atoms with E-state index in [0.717, 1.165) is 37.7 Å². The van der Waals surface area contributed by atoms with E-state index in [1.54, 1.807) is 0 Å². The Kier molecular flexibility index (Phi) is 7.82. The van der Waals surface area contributed by atoms with E-state index in [2.05, 4.69) is 39.2 Å². The lowest BCUT2D eigenvalue weighted by atomic mass is 9.60. The van der Waals surface area contributed by atoms with Crippen molar-refractivity contribution in [2.45, 2.75) is 102 Å². The fourth-order valence-corrected chi connectivity index (χ4v) is 8.40. The molecule has 0 aromatic rings. The van der Waals surface area contributed by atoms with Gasteiger partial charge in [0.15, 0.2) is 0 Å². The van der Waals surface area contributed by atoms with E-state index in [9.17, 15) is 15.0 Å². The fourth-order valence-electron chi connectivity index (χ4n) is 8.40. The average Bonchev–Trinajstić information content (AvgIpc) is 3.56. The van der Waals surface area contributed by atoms with E-state index >= 15 is 0 Å². The Morgan fingerprint density at radius 1 is 1.18 bits per heavy atom. The van der Waals surface area contributed by atoms with Gasteiger partial charge in [0.2, 0.25) is 0 Å². The van der Waals surface area contributed by atoms with Gasteiger partial charge in [-0.25, -0.2) is 4.79 Å². The number of hydrogen-bond acceptors (Lipinski definition) is 6. The van der Waals surface area contributed by atoms with E-state index < -0.39 is 18.3 Å².